The van der Waals surface area contributed by atoms with Gasteiger partial charge in [-0.15, -0.1) is 0 Å². The van der Waals surface area contributed by atoms with E-state index in [1.54, 1.807) is 6.07 Å². The van der Waals surface area contributed by atoms with E-state index in [0.717, 1.165) is 52.5 Å². The lowest BCUT2D eigenvalue weighted by molar-refractivity contribution is 0.120. The van der Waals surface area contributed by atoms with Crippen molar-refractivity contribution in [1.82, 2.24) is 4.98 Å². The van der Waals surface area contributed by atoms with Crippen molar-refractivity contribution in [3.8, 4) is 5.75 Å². The first-order valence-electron chi connectivity index (χ1n) is 14.5. The van der Waals surface area contributed by atoms with Gasteiger partial charge in [0.05, 0.1) is 19.1 Å². The van der Waals surface area contributed by atoms with Gasteiger partial charge in [-0.1, -0.05) is 107 Å². The van der Waals surface area contributed by atoms with Crippen molar-refractivity contribution in [2.24, 2.45) is 0 Å². The van der Waals surface area contributed by atoms with Gasteiger partial charge in [-0.3, -0.25) is 0 Å². The Morgan fingerprint density at radius 1 is 0.833 bits per heavy atom. The summed E-state index contributed by atoms with van der Waals surface area (Å²) in [7, 11) is 0. The minimum Gasteiger partial charge on any atom is -0.507 e. The van der Waals surface area contributed by atoms with Gasteiger partial charge in [0, 0.05) is 29.6 Å². The van der Waals surface area contributed by atoms with Crippen LogP contribution in [0.25, 0.3) is 0 Å². The predicted octanol–water partition coefficient (Wildman–Crippen LogP) is 8.89. The second-order valence-corrected chi connectivity index (χ2v) is 14.0. The number of phenols is 1. The lowest BCUT2D eigenvalue weighted by atomic mass is 9.76. The maximum atomic E-state index is 11.5. The Morgan fingerprint density at radius 2 is 1.38 bits per heavy atom. The number of nitrogens with zero attached hydrogens (tertiary/aromatic N) is 2. The highest BCUT2D eigenvalue weighted by atomic mass is 35.5. The molecule has 7 heteroatoms. The zero-order valence-corrected chi connectivity index (χ0v) is 26.8. The van der Waals surface area contributed by atoms with E-state index in [0.29, 0.717) is 41.3 Å². The van der Waals surface area contributed by atoms with Gasteiger partial charge in [-0.05, 0) is 56.8 Å². The number of aromatic nitrogens is 1. The van der Waals surface area contributed by atoms with Crippen molar-refractivity contribution < 1.29 is 14.3 Å². The van der Waals surface area contributed by atoms with E-state index < -0.39 is 5.92 Å². The molecule has 1 aliphatic heterocycles. The smallest absolute Gasteiger partial charge is 0.220 e. The first-order valence-corrected chi connectivity index (χ1v) is 15.3. The first kappa shape index (κ1) is 30.5. The highest BCUT2D eigenvalue weighted by molar-refractivity contribution is 6.34. The third-order valence-electron chi connectivity index (χ3n) is 7.75. The van der Waals surface area contributed by atoms with E-state index in [9.17, 15) is 5.11 Å². The minimum absolute atomic E-state index is 0.301. The number of hydrogen-bond donors (Lipinski definition) is 1. The van der Waals surface area contributed by atoms with Crippen LogP contribution >= 0.6 is 23.2 Å². The Labute approximate surface area is 259 Å². The fraction of sp³-hybridized carbons (Fsp3) is 0.400. The Hall–Kier alpha value is -2.99. The van der Waals surface area contributed by atoms with Gasteiger partial charge < -0.3 is 19.2 Å². The molecular formula is C35H40Cl2N2O3. The first-order chi connectivity index (χ1) is 19.8. The molecular weight excluding hydrogens is 567 g/mol. The standard InChI is InChI=1S/C35H40Cl2N2O3/c1-34(2,3)27-19-24(20-28(31(27)40)35(4,5)6)30(23-17-25(36)21-26(37)18-23)32-38-29(16-22-10-8-7-9-11-22)33(42-32)39-12-14-41-15-13-39/h7-11,17-21,30,40H,12-16H2,1-6H3. The van der Waals surface area contributed by atoms with Crippen molar-refractivity contribution in [3.63, 3.8) is 0 Å². The van der Waals surface area contributed by atoms with Crippen molar-refractivity contribution in [3.05, 3.63) is 110 Å². The van der Waals surface area contributed by atoms with Crippen molar-refractivity contribution >= 4 is 29.1 Å². The van der Waals surface area contributed by atoms with Gasteiger partial charge in [0.2, 0.25) is 11.8 Å². The average molecular weight is 608 g/mol. The van der Waals surface area contributed by atoms with Crippen molar-refractivity contribution in [2.45, 2.75) is 64.7 Å². The summed E-state index contributed by atoms with van der Waals surface area (Å²) in [6.07, 6.45) is 0.635. The lowest BCUT2D eigenvalue weighted by Crippen LogP contribution is -2.36. The summed E-state index contributed by atoms with van der Waals surface area (Å²) in [6.45, 7) is 15.4. The Kier molecular flexibility index (Phi) is 8.67. The molecule has 0 saturated carbocycles. The van der Waals surface area contributed by atoms with Gasteiger partial charge >= 0.3 is 0 Å². The van der Waals surface area contributed by atoms with Gasteiger partial charge in [0.25, 0.3) is 0 Å². The molecule has 0 bridgehead atoms. The van der Waals surface area contributed by atoms with Crippen LogP contribution in [-0.2, 0) is 22.0 Å². The molecule has 1 atom stereocenters. The maximum absolute atomic E-state index is 11.5. The number of ether oxygens (including phenoxy) is 1. The molecule has 4 aromatic rings. The fourth-order valence-electron chi connectivity index (χ4n) is 5.59. The second-order valence-electron chi connectivity index (χ2n) is 13.2. The molecule has 1 N–H and O–H groups in total. The number of halogens is 2. The van der Waals surface area contributed by atoms with Crippen LogP contribution < -0.4 is 4.90 Å². The molecule has 42 heavy (non-hydrogen) atoms. The molecule has 5 nitrogen and oxygen atoms in total. The van der Waals surface area contributed by atoms with E-state index in [2.05, 4.69) is 70.7 Å². The van der Waals surface area contributed by atoms with Crippen LogP contribution in [-0.4, -0.2) is 36.4 Å². The highest BCUT2D eigenvalue weighted by Crippen LogP contribution is 2.45. The fourth-order valence-corrected chi connectivity index (χ4v) is 6.13. The molecule has 2 heterocycles. The number of morpholine rings is 1. The van der Waals surface area contributed by atoms with Crippen LogP contribution in [0, 0.1) is 0 Å². The van der Waals surface area contributed by atoms with Crippen LogP contribution in [0.3, 0.4) is 0 Å². The molecule has 3 aromatic carbocycles. The molecule has 1 fully saturated rings. The molecule has 5 rings (SSSR count). The van der Waals surface area contributed by atoms with E-state index in [-0.39, 0.29) is 10.8 Å². The third kappa shape index (κ3) is 6.64. The van der Waals surface area contributed by atoms with Crippen LogP contribution in [0.5, 0.6) is 5.75 Å². The van der Waals surface area contributed by atoms with E-state index >= 15 is 0 Å². The molecule has 222 valence electrons. The largest absolute Gasteiger partial charge is 0.507 e. The molecule has 0 radical (unpaired) electrons. The molecule has 0 amide bonds. The topological polar surface area (TPSA) is 58.7 Å². The average Bonchev–Trinajstić information content (AvgIpc) is 3.31. The van der Waals surface area contributed by atoms with E-state index in [1.165, 1.54) is 0 Å². The molecule has 0 aliphatic carbocycles. The van der Waals surface area contributed by atoms with Gasteiger partial charge in [0.1, 0.15) is 11.4 Å². The predicted molar refractivity (Wildman–Crippen MR) is 172 cm³/mol. The monoisotopic (exact) mass is 606 g/mol. The van der Waals surface area contributed by atoms with Crippen LogP contribution in [0.15, 0.2) is 65.1 Å². The number of anilines is 1. The summed E-state index contributed by atoms with van der Waals surface area (Å²) >= 11 is 13.1. The van der Waals surface area contributed by atoms with Crippen LogP contribution in [0.1, 0.15) is 86.9 Å². The SMILES string of the molecule is CC(C)(C)c1cc(C(c2cc(Cl)cc(Cl)c2)c2nc(Cc3ccccc3)c(N3CCOCC3)o2)cc(C(C)(C)C)c1O. The summed E-state index contributed by atoms with van der Waals surface area (Å²) < 4.78 is 12.4. The van der Waals surface area contributed by atoms with Crippen LogP contribution in [0.4, 0.5) is 5.88 Å². The normalized spacial score (nSPS) is 15.2. The van der Waals surface area contributed by atoms with Crippen molar-refractivity contribution in [2.75, 3.05) is 31.2 Å². The lowest BCUT2D eigenvalue weighted by Gasteiger charge is -2.30. The number of hydrogen-bond acceptors (Lipinski definition) is 5. The summed E-state index contributed by atoms with van der Waals surface area (Å²) in [5.74, 6) is 1.24. The number of aromatic hydroxyl groups is 1. The van der Waals surface area contributed by atoms with Crippen LogP contribution in [0.2, 0.25) is 10.0 Å². The highest BCUT2D eigenvalue weighted by Gasteiger charge is 2.33. The third-order valence-corrected chi connectivity index (χ3v) is 8.19. The molecule has 1 saturated heterocycles. The summed E-state index contributed by atoms with van der Waals surface area (Å²) in [5, 5.41) is 12.6. The number of oxazole rings is 1. The summed E-state index contributed by atoms with van der Waals surface area (Å²) in [5.41, 5.74) is 5.00. The molecule has 1 unspecified atom stereocenters. The van der Waals surface area contributed by atoms with E-state index in [4.69, 9.17) is 37.3 Å². The second kappa shape index (κ2) is 11.9. The summed E-state index contributed by atoms with van der Waals surface area (Å²) in [4.78, 5) is 7.42. The maximum Gasteiger partial charge on any atom is 0.220 e. The molecule has 1 aromatic heterocycles. The zero-order valence-electron chi connectivity index (χ0n) is 25.3. The number of benzene rings is 3. The quantitative estimate of drug-likeness (QED) is 0.237. The Balaban J connectivity index is 1.76. The molecule has 0 spiro atoms. The summed E-state index contributed by atoms with van der Waals surface area (Å²) in [6, 6.07) is 20.1. The van der Waals surface area contributed by atoms with Gasteiger partial charge in [0.15, 0.2) is 0 Å². The Bertz CT molecular complexity index is 1490. The van der Waals surface area contributed by atoms with Crippen molar-refractivity contribution in [1.29, 1.82) is 0 Å². The Morgan fingerprint density at radius 3 is 1.93 bits per heavy atom. The van der Waals surface area contributed by atoms with E-state index in [1.807, 2.05) is 30.3 Å². The van der Waals surface area contributed by atoms with Gasteiger partial charge in [-0.25, -0.2) is 4.98 Å². The minimum atomic E-state index is -0.409. The number of phenolic OH excluding ortho intramolecular Hbond substituents is 1. The van der Waals surface area contributed by atoms with Gasteiger partial charge in [-0.2, -0.15) is 0 Å². The molecule has 1 aliphatic rings. The zero-order chi connectivity index (χ0) is 30.2. The number of rotatable bonds is 6.